The maximum absolute atomic E-state index is 6.20. The average molecular weight is 375 g/mol. The largest absolute Gasteiger partial charge is 0.0876 e. The second kappa shape index (κ2) is 6.03. The summed E-state index contributed by atoms with van der Waals surface area (Å²) in [5, 5.41) is 2.48. The highest BCUT2D eigenvalue weighted by Gasteiger charge is 2.02. The van der Waals surface area contributed by atoms with Crippen LogP contribution in [0.25, 0.3) is 11.1 Å². The molecule has 0 aliphatic rings. The predicted molar refractivity (Wildman–Crippen MR) is 82.2 cm³/mol. The fourth-order valence-corrected chi connectivity index (χ4v) is 2.89. The maximum Gasteiger partial charge on any atom is 0.0452 e. The summed E-state index contributed by atoms with van der Waals surface area (Å²) < 4.78 is 0. The maximum atomic E-state index is 6.20. The van der Waals surface area contributed by atoms with Gasteiger partial charge in [-0.15, -0.1) is 0 Å². The van der Waals surface area contributed by atoms with Crippen LogP contribution in [0.2, 0.25) is 5.02 Å². The van der Waals surface area contributed by atoms with Crippen molar-refractivity contribution < 1.29 is 0 Å². The molecule has 0 aliphatic carbocycles. The van der Waals surface area contributed by atoms with E-state index in [-0.39, 0.29) is 0 Å². The van der Waals surface area contributed by atoms with Gasteiger partial charge in [-0.2, -0.15) is 0 Å². The minimum absolute atomic E-state index is 0.786. The molecule has 0 aromatic heterocycles. The average Bonchev–Trinajstić information content (AvgIpc) is 2.39. The zero-order valence-corrected chi connectivity index (χ0v) is 13.0. The van der Waals surface area contributed by atoms with E-state index in [0.717, 1.165) is 26.8 Å². The summed E-state index contributed by atoms with van der Waals surface area (Å²) in [6.45, 7) is 0. The van der Waals surface area contributed by atoms with Crippen molar-refractivity contribution in [1.29, 1.82) is 0 Å². The molecule has 88 valence electrons. The molecule has 0 nitrogen and oxygen atoms in total. The monoisotopic (exact) mass is 372 g/mol. The summed E-state index contributed by atoms with van der Waals surface area (Å²) in [7, 11) is 0. The van der Waals surface area contributed by atoms with Gasteiger partial charge in [0.1, 0.15) is 0 Å². The highest BCUT2D eigenvalue weighted by molar-refractivity contribution is 9.08. The third kappa shape index (κ3) is 3.12. The molecule has 3 heteroatoms. The van der Waals surface area contributed by atoms with Crippen molar-refractivity contribution in [3.63, 3.8) is 0 Å². The topological polar surface area (TPSA) is 0 Å². The van der Waals surface area contributed by atoms with Crippen LogP contribution in [0.5, 0.6) is 0 Å². The third-order valence-corrected chi connectivity index (χ3v) is 4.24. The van der Waals surface area contributed by atoms with Crippen LogP contribution in [-0.4, -0.2) is 0 Å². The summed E-state index contributed by atoms with van der Waals surface area (Å²) in [5.41, 5.74) is 4.74. The minimum atomic E-state index is 0.786. The Morgan fingerprint density at radius 3 is 2.00 bits per heavy atom. The van der Waals surface area contributed by atoms with E-state index in [1.54, 1.807) is 0 Å². The van der Waals surface area contributed by atoms with E-state index in [4.69, 9.17) is 11.6 Å². The van der Waals surface area contributed by atoms with Crippen LogP contribution >= 0.6 is 43.5 Å². The summed E-state index contributed by atoms with van der Waals surface area (Å²) in [6, 6.07) is 14.7. The lowest BCUT2D eigenvalue weighted by Gasteiger charge is -2.06. The van der Waals surface area contributed by atoms with Gasteiger partial charge in [0.15, 0.2) is 0 Å². The van der Waals surface area contributed by atoms with Crippen molar-refractivity contribution in [1.82, 2.24) is 0 Å². The predicted octanol–water partition coefficient (Wildman–Crippen LogP) is 5.80. The normalized spacial score (nSPS) is 10.5. The summed E-state index contributed by atoms with van der Waals surface area (Å²) in [6.07, 6.45) is 0. The molecular formula is C14H11Br2Cl. The van der Waals surface area contributed by atoms with Crippen LogP contribution in [0.15, 0.2) is 42.5 Å². The smallest absolute Gasteiger partial charge is 0.0452 e. The summed E-state index contributed by atoms with van der Waals surface area (Å²) in [4.78, 5) is 0. The van der Waals surface area contributed by atoms with Gasteiger partial charge in [0.05, 0.1) is 0 Å². The Morgan fingerprint density at radius 2 is 1.47 bits per heavy atom. The lowest BCUT2D eigenvalue weighted by molar-refractivity contribution is 1.42. The Hall–Kier alpha value is -0.310. The van der Waals surface area contributed by atoms with Gasteiger partial charge in [-0.05, 0) is 28.3 Å². The van der Waals surface area contributed by atoms with Crippen molar-refractivity contribution in [3.05, 3.63) is 58.6 Å². The zero-order valence-electron chi connectivity index (χ0n) is 9.09. The molecule has 2 aromatic rings. The Morgan fingerprint density at radius 1 is 0.824 bits per heavy atom. The van der Waals surface area contributed by atoms with Gasteiger partial charge in [0.25, 0.3) is 0 Å². The van der Waals surface area contributed by atoms with E-state index in [1.165, 1.54) is 11.1 Å². The second-order valence-corrected chi connectivity index (χ2v) is 5.30. The summed E-state index contributed by atoms with van der Waals surface area (Å²) in [5.74, 6) is 0. The molecule has 0 N–H and O–H groups in total. The van der Waals surface area contributed by atoms with Crippen molar-refractivity contribution in [2.24, 2.45) is 0 Å². The van der Waals surface area contributed by atoms with Crippen molar-refractivity contribution in [2.75, 3.05) is 0 Å². The Balaban J connectivity index is 2.35. The van der Waals surface area contributed by atoms with Crippen LogP contribution in [0.3, 0.4) is 0 Å². The Kier molecular flexibility index (Phi) is 4.66. The first kappa shape index (κ1) is 13.1. The SMILES string of the molecule is Clc1cc(-c2ccc(CBr)cc2)ccc1CBr. The third-order valence-electron chi connectivity index (χ3n) is 2.64. The van der Waals surface area contributed by atoms with E-state index in [9.17, 15) is 0 Å². The minimum Gasteiger partial charge on any atom is -0.0876 e. The standard InChI is InChI=1S/C14H11Br2Cl/c15-8-10-1-3-11(4-2-10)12-5-6-13(9-16)14(17)7-12/h1-7H,8-9H2. The lowest BCUT2D eigenvalue weighted by Crippen LogP contribution is -1.84. The van der Waals surface area contributed by atoms with Gasteiger partial charge in [0, 0.05) is 15.7 Å². The molecule has 17 heavy (non-hydrogen) atoms. The molecule has 0 fully saturated rings. The molecule has 0 bridgehead atoms. The highest BCUT2D eigenvalue weighted by atomic mass is 79.9. The molecule has 0 heterocycles. The van der Waals surface area contributed by atoms with Crippen LogP contribution < -0.4 is 0 Å². The molecule has 2 rings (SSSR count). The van der Waals surface area contributed by atoms with Crippen LogP contribution in [0, 0.1) is 0 Å². The molecule has 0 atom stereocenters. The van der Waals surface area contributed by atoms with Gasteiger partial charge in [-0.1, -0.05) is 79.9 Å². The molecule has 0 spiro atoms. The number of alkyl halides is 2. The number of hydrogen-bond donors (Lipinski definition) is 0. The van der Waals surface area contributed by atoms with Crippen LogP contribution in [0.4, 0.5) is 0 Å². The van der Waals surface area contributed by atoms with Crippen molar-refractivity contribution >= 4 is 43.5 Å². The number of rotatable bonds is 3. The fourth-order valence-electron chi connectivity index (χ4n) is 1.62. The Bertz CT molecular complexity index is 506. The molecular weight excluding hydrogens is 363 g/mol. The van der Waals surface area contributed by atoms with E-state index < -0.39 is 0 Å². The van der Waals surface area contributed by atoms with Gasteiger partial charge < -0.3 is 0 Å². The molecule has 0 aliphatic heterocycles. The van der Waals surface area contributed by atoms with Crippen LogP contribution in [0.1, 0.15) is 11.1 Å². The molecule has 2 aromatic carbocycles. The Labute approximate surface area is 123 Å². The molecule has 0 saturated heterocycles. The van der Waals surface area contributed by atoms with Gasteiger partial charge in [0.2, 0.25) is 0 Å². The zero-order chi connectivity index (χ0) is 12.3. The highest BCUT2D eigenvalue weighted by Crippen LogP contribution is 2.27. The van der Waals surface area contributed by atoms with E-state index >= 15 is 0 Å². The second-order valence-electron chi connectivity index (χ2n) is 3.77. The number of halogens is 3. The van der Waals surface area contributed by atoms with E-state index in [0.29, 0.717) is 0 Å². The molecule has 0 unspecified atom stereocenters. The number of benzene rings is 2. The number of hydrogen-bond acceptors (Lipinski definition) is 0. The van der Waals surface area contributed by atoms with Gasteiger partial charge in [-0.25, -0.2) is 0 Å². The van der Waals surface area contributed by atoms with Crippen molar-refractivity contribution in [2.45, 2.75) is 10.7 Å². The van der Waals surface area contributed by atoms with Gasteiger partial charge >= 0.3 is 0 Å². The first-order chi connectivity index (χ1) is 8.24. The molecule has 0 radical (unpaired) electrons. The molecule has 0 saturated carbocycles. The van der Waals surface area contributed by atoms with Gasteiger partial charge in [-0.3, -0.25) is 0 Å². The van der Waals surface area contributed by atoms with Crippen LogP contribution in [-0.2, 0) is 10.7 Å². The lowest BCUT2D eigenvalue weighted by atomic mass is 10.0. The van der Waals surface area contributed by atoms with E-state index in [1.807, 2.05) is 6.07 Å². The summed E-state index contributed by atoms with van der Waals surface area (Å²) >= 11 is 13.1. The molecule has 0 amide bonds. The fraction of sp³-hybridized carbons (Fsp3) is 0.143. The van der Waals surface area contributed by atoms with E-state index in [2.05, 4.69) is 68.3 Å². The quantitative estimate of drug-likeness (QED) is 0.596. The first-order valence-electron chi connectivity index (χ1n) is 5.24. The van der Waals surface area contributed by atoms with Crippen molar-refractivity contribution in [3.8, 4) is 11.1 Å². The first-order valence-corrected chi connectivity index (χ1v) is 7.86.